The molecule has 0 amide bonds. The van der Waals surface area contributed by atoms with E-state index in [4.69, 9.17) is 0 Å². The number of carbonyl (C=O) groups excluding carboxylic acids is 2. The van der Waals surface area contributed by atoms with Crippen LogP contribution in [0.4, 0.5) is 0 Å². The molecule has 0 fully saturated rings. The van der Waals surface area contributed by atoms with E-state index in [0.29, 0.717) is 6.61 Å². The third kappa shape index (κ3) is 18.0. The molecule has 0 N–H and O–H groups in total. The first kappa shape index (κ1) is 14.2. The number of rotatable bonds is 4. The summed E-state index contributed by atoms with van der Waals surface area (Å²) in [5, 5.41) is 0. The van der Waals surface area contributed by atoms with E-state index in [1.807, 2.05) is 6.92 Å². The molecule has 0 aromatic heterocycles. The number of hydrogen-bond donors (Lipinski definition) is 0. The Bertz CT molecular complexity index is 183. The number of allylic oxidation sites excluding steroid dienone is 1. The standard InChI is InChI=1S/C6H10O2.C4H6O/c1-3-5-8-6(7)4-2;1-3-4(2)5/h4H,2-3,5H2,1H3;3H,1H2,2H3. The fourth-order valence-electron chi connectivity index (χ4n) is 0.262. The van der Waals surface area contributed by atoms with Crippen LogP contribution in [0.5, 0.6) is 0 Å². The van der Waals surface area contributed by atoms with Gasteiger partial charge >= 0.3 is 5.97 Å². The summed E-state index contributed by atoms with van der Waals surface area (Å²) in [5.41, 5.74) is 0. The lowest BCUT2D eigenvalue weighted by Crippen LogP contribution is -1.99. The quantitative estimate of drug-likeness (QED) is 0.495. The van der Waals surface area contributed by atoms with Crippen LogP contribution in [0.3, 0.4) is 0 Å². The fraction of sp³-hybridized carbons (Fsp3) is 0.400. The SMILES string of the molecule is C=CC(=O)OCCC.C=CC(C)=O. The molecule has 0 saturated heterocycles. The van der Waals surface area contributed by atoms with E-state index in [2.05, 4.69) is 17.9 Å². The van der Waals surface area contributed by atoms with Crippen molar-refractivity contribution in [2.75, 3.05) is 6.61 Å². The molecule has 0 bridgehead atoms. The van der Waals surface area contributed by atoms with E-state index in [1.54, 1.807) is 0 Å². The van der Waals surface area contributed by atoms with Crippen LogP contribution in [0, 0.1) is 0 Å². The molecular weight excluding hydrogens is 168 g/mol. The van der Waals surface area contributed by atoms with Gasteiger partial charge in [0.25, 0.3) is 0 Å². The molecule has 0 spiro atoms. The van der Waals surface area contributed by atoms with Crippen molar-refractivity contribution in [1.29, 1.82) is 0 Å². The zero-order valence-corrected chi connectivity index (χ0v) is 8.21. The maximum Gasteiger partial charge on any atom is 0.330 e. The van der Waals surface area contributed by atoms with Crippen LogP contribution in [-0.4, -0.2) is 18.4 Å². The van der Waals surface area contributed by atoms with Crippen molar-refractivity contribution in [2.24, 2.45) is 0 Å². The Hall–Kier alpha value is -1.38. The third-order valence-corrected chi connectivity index (χ3v) is 0.903. The molecule has 0 radical (unpaired) electrons. The molecule has 0 atom stereocenters. The second-order valence-corrected chi connectivity index (χ2v) is 2.19. The third-order valence-electron chi connectivity index (χ3n) is 0.903. The van der Waals surface area contributed by atoms with E-state index >= 15 is 0 Å². The smallest absolute Gasteiger partial charge is 0.330 e. The molecule has 0 aromatic carbocycles. The first-order chi connectivity index (χ1) is 6.08. The molecule has 0 rings (SSSR count). The summed E-state index contributed by atoms with van der Waals surface area (Å²) in [6, 6.07) is 0. The second kappa shape index (κ2) is 10.6. The normalized spacial score (nSPS) is 7.54. The Balaban J connectivity index is 0. The van der Waals surface area contributed by atoms with E-state index in [1.165, 1.54) is 13.0 Å². The van der Waals surface area contributed by atoms with Crippen molar-refractivity contribution in [3.8, 4) is 0 Å². The van der Waals surface area contributed by atoms with Gasteiger partial charge in [-0.15, -0.1) is 0 Å². The van der Waals surface area contributed by atoms with Crippen LogP contribution in [0.25, 0.3) is 0 Å². The van der Waals surface area contributed by atoms with E-state index < -0.39 is 0 Å². The second-order valence-electron chi connectivity index (χ2n) is 2.19. The molecule has 13 heavy (non-hydrogen) atoms. The molecular formula is C10H16O3. The Morgan fingerprint density at radius 2 is 1.77 bits per heavy atom. The van der Waals surface area contributed by atoms with Gasteiger partial charge in [0, 0.05) is 6.08 Å². The van der Waals surface area contributed by atoms with Gasteiger partial charge in [-0.05, 0) is 19.4 Å². The number of carbonyl (C=O) groups is 2. The molecule has 0 aliphatic carbocycles. The fourth-order valence-corrected chi connectivity index (χ4v) is 0.262. The lowest BCUT2D eigenvalue weighted by molar-refractivity contribution is -0.137. The molecule has 0 aliphatic rings. The molecule has 0 unspecified atom stereocenters. The minimum Gasteiger partial charge on any atom is -0.463 e. The molecule has 0 aromatic rings. The average molecular weight is 184 g/mol. The monoisotopic (exact) mass is 184 g/mol. The Morgan fingerprint density at radius 3 is 2.00 bits per heavy atom. The van der Waals surface area contributed by atoms with Gasteiger partial charge in [-0.3, -0.25) is 4.79 Å². The predicted octanol–water partition coefficient (Wildman–Crippen LogP) is 1.89. The number of hydrogen-bond acceptors (Lipinski definition) is 3. The molecule has 74 valence electrons. The van der Waals surface area contributed by atoms with Crippen molar-refractivity contribution in [3.63, 3.8) is 0 Å². The van der Waals surface area contributed by atoms with Gasteiger partial charge in [0.1, 0.15) is 0 Å². The number of ketones is 1. The molecule has 0 heterocycles. The van der Waals surface area contributed by atoms with Crippen molar-refractivity contribution >= 4 is 11.8 Å². The summed E-state index contributed by atoms with van der Waals surface area (Å²) in [6.45, 7) is 10.3. The van der Waals surface area contributed by atoms with Gasteiger partial charge in [-0.2, -0.15) is 0 Å². The van der Waals surface area contributed by atoms with Gasteiger partial charge in [0.2, 0.25) is 0 Å². The van der Waals surface area contributed by atoms with Crippen molar-refractivity contribution in [1.82, 2.24) is 0 Å². The largest absolute Gasteiger partial charge is 0.463 e. The lowest BCUT2D eigenvalue weighted by atomic mass is 10.5. The summed E-state index contributed by atoms with van der Waals surface area (Å²) in [7, 11) is 0. The molecule has 0 aliphatic heterocycles. The van der Waals surface area contributed by atoms with Crippen molar-refractivity contribution in [2.45, 2.75) is 20.3 Å². The minimum atomic E-state index is -0.341. The first-order valence-corrected chi connectivity index (χ1v) is 4.00. The summed E-state index contributed by atoms with van der Waals surface area (Å²) >= 11 is 0. The highest BCUT2D eigenvalue weighted by molar-refractivity contribution is 5.86. The predicted molar refractivity (Wildman–Crippen MR) is 52.3 cm³/mol. The Kier molecular flexibility index (Phi) is 11.6. The summed E-state index contributed by atoms with van der Waals surface area (Å²) in [6.07, 6.45) is 3.30. The summed E-state index contributed by atoms with van der Waals surface area (Å²) < 4.78 is 4.58. The maximum atomic E-state index is 10.2. The average Bonchev–Trinajstić information content (AvgIpc) is 2.15. The maximum absolute atomic E-state index is 10.2. The van der Waals surface area contributed by atoms with Crippen molar-refractivity contribution in [3.05, 3.63) is 25.3 Å². The van der Waals surface area contributed by atoms with Gasteiger partial charge in [0.05, 0.1) is 6.61 Å². The van der Waals surface area contributed by atoms with Gasteiger partial charge < -0.3 is 4.74 Å². The number of ether oxygens (including phenoxy) is 1. The van der Waals surface area contributed by atoms with Crippen LogP contribution in [-0.2, 0) is 14.3 Å². The number of esters is 1. The summed E-state index contributed by atoms with van der Waals surface area (Å²) in [4.78, 5) is 19.9. The minimum absolute atomic E-state index is 0.0185. The lowest BCUT2D eigenvalue weighted by Gasteiger charge is -1.94. The van der Waals surface area contributed by atoms with Gasteiger partial charge in [-0.25, -0.2) is 4.79 Å². The van der Waals surface area contributed by atoms with E-state index in [0.717, 1.165) is 12.5 Å². The molecule has 3 nitrogen and oxygen atoms in total. The van der Waals surface area contributed by atoms with E-state index in [-0.39, 0.29) is 11.8 Å². The molecule has 0 saturated carbocycles. The topological polar surface area (TPSA) is 43.4 Å². The zero-order chi connectivity index (χ0) is 10.7. The Morgan fingerprint density at radius 1 is 1.31 bits per heavy atom. The molecule has 3 heteroatoms. The zero-order valence-electron chi connectivity index (χ0n) is 8.21. The van der Waals surface area contributed by atoms with Crippen LogP contribution in [0.2, 0.25) is 0 Å². The van der Waals surface area contributed by atoms with Crippen LogP contribution < -0.4 is 0 Å². The van der Waals surface area contributed by atoms with Crippen LogP contribution in [0.1, 0.15) is 20.3 Å². The van der Waals surface area contributed by atoms with Gasteiger partial charge in [0.15, 0.2) is 5.78 Å². The van der Waals surface area contributed by atoms with Crippen LogP contribution >= 0.6 is 0 Å². The van der Waals surface area contributed by atoms with E-state index in [9.17, 15) is 9.59 Å². The highest BCUT2D eigenvalue weighted by Crippen LogP contribution is 1.81. The highest BCUT2D eigenvalue weighted by Gasteiger charge is 1.89. The van der Waals surface area contributed by atoms with Gasteiger partial charge in [-0.1, -0.05) is 20.1 Å². The van der Waals surface area contributed by atoms with Crippen LogP contribution in [0.15, 0.2) is 25.3 Å². The first-order valence-electron chi connectivity index (χ1n) is 4.00. The summed E-state index contributed by atoms with van der Waals surface area (Å²) in [5.74, 6) is -0.322. The highest BCUT2D eigenvalue weighted by atomic mass is 16.5. The van der Waals surface area contributed by atoms with Crippen molar-refractivity contribution < 1.29 is 14.3 Å². The Labute approximate surface area is 79.1 Å².